The van der Waals surface area contributed by atoms with E-state index in [0.29, 0.717) is 25.9 Å². The highest BCUT2D eigenvalue weighted by atomic mass is 16.6. The molecule has 0 heterocycles. The smallest absolute Gasteiger partial charge is 0.407 e. The SMILES string of the molecule is CC(C)(C)OC(=O)NCCCCCC(=O)NCCCC(=O)O. The van der Waals surface area contributed by atoms with Gasteiger partial charge in [-0.1, -0.05) is 6.42 Å². The standard InChI is InChI=1S/C15H28N2O5/c1-15(2,3)22-14(21)17-10-6-4-5-8-12(18)16-11-7-9-13(19)20/h4-11H2,1-3H3,(H,16,18)(H,17,21)(H,19,20). The highest BCUT2D eigenvalue weighted by Crippen LogP contribution is 2.06. The van der Waals surface area contributed by atoms with Crippen LogP contribution in [0.3, 0.4) is 0 Å². The second-order valence-corrected chi connectivity index (χ2v) is 6.09. The summed E-state index contributed by atoms with van der Waals surface area (Å²) < 4.78 is 5.10. The number of alkyl carbamates (subject to hydrolysis) is 1. The van der Waals surface area contributed by atoms with E-state index < -0.39 is 17.7 Å². The minimum absolute atomic E-state index is 0.0644. The summed E-state index contributed by atoms with van der Waals surface area (Å²) in [6, 6.07) is 0. The number of hydrogen-bond donors (Lipinski definition) is 3. The molecular formula is C15H28N2O5. The zero-order valence-electron chi connectivity index (χ0n) is 13.7. The number of carboxylic acids is 1. The third-order valence-corrected chi connectivity index (χ3v) is 2.64. The molecule has 22 heavy (non-hydrogen) atoms. The zero-order valence-corrected chi connectivity index (χ0v) is 13.7. The lowest BCUT2D eigenvalue weighted by Crippen LogP contribution is -2.33. The topological polar surface area (TPSA) is 105 Å². The van der Waals surface area contributed by atoms with E-state index in [1.165, 1.54) is 0 Å². The molecule has 0 saturated carbocycles. The van der Waals surface area contributed by atoms with Crippen molar-refractivity contribution in [2.45, 2.75) is 64.9 Å². The van der Waals surface area contributed by atoms with Crippen LogP contribution in [0.25, 0.3) is 0 Å². The van der Waals surface area contributed by atoms with Crippen LogP contribution in [0.2, 0.25) is 0 Å². The third kappa shape index (κ3) is 14.6. The van der Waals surface area contributed by atoms with Gasteiger partial charge in [0.2, 0.25) is 5.91 Å². The monoisotopic (exact) mass is 316 g/mol. The number of amides is 2. The first-order chi connectivity index (χ1) is 10.2. The van der Waals surface area contributed by atoms with E-state index in [4.69, 9.17) is 9.84 Å². The fraction of sp³-hybridized carbons (Fsp3) is 0.800. The second-order valence-electron chi connectivity index (χ2n) is 6.09. The molecule has 3 N–H and O–H groups in total. The van der Waals surface area contributed by atoms with Gasteiger partial charge in [-0.3, -0.25) is 9.59 Å². The fourth-order valence-corrected chi connectivity index (χ4v) is 1.65. The maximum Gasteiger partial charge on any atom is 0.407 e. The summed E-state index contributed by atoms with van der Waals surface area (Å²) in [6.45, 7) is 6.34. The number of carbonyl (C=O) groups is 3. The highest BCUT2D eigenvalue weighted by molar-refractivity contribution is 5.75. The van der Waals surface area contributed by atoms with Crippen molar-refractivity contribution in [3.8, 4) is 0 Å². The van der Waals surface area contributed by atoms with Gasteiger partial charge in [0, 0.05) is 25.9 Å². The van der Waals surface area contributed by atoms with Crippen LogP contribution in [0, 0.1) is 0 Å². The molecule has 0 bridgehead atoms. The van der Waals surface area contributed by atoms with Crippen molar-refractivity contribution in [2.75, 3.05) is 13.1 Å². The molecule has 0 fully saturated rings. The summed E-state index contributed by atoms with van der Waals surface area (Å²) >= 11 is 0. The van der Waals surface area contributed by atoms with Crippen LogP contribution in [0.4, 0.5) is 4.79 Å². The van der Waals surface area contributed by atoms with Gasteiger partial charge in [0.1, 0.15) is 5.60 Å². The molecule has 0 aromatic rings. The lowest BCUT2D eigenvalue weighted by atomic mass is 10.2. The molecule has 0 spiro atoms. The van der Waals surface area contributed by atoms with Gasteiger partial charge >= 0.3 is 12.1 Å². The Morgan fingerprint density at radius 3 is 2.14 bits per heavy atom. The van der Waals surface area contributed by atoms with Crippen molar-refractivity contribution in [2.24, 2.45) is 0 Å². The first kappa shape index (κ1) is 20.2. The van der Waals surface area contributed by atoms with Gasteiger partial charge < -0.3 is 20.5 Å². The third-order valence-electron chi connectivity index (χ3n) is 2.64. The number of carbonyl (C=O) groups excluding carboxylic acids is 2. The summed E-state index contributed by atoms with van der Waals surface area (Å²) in [6.07, 6.45) is 2.85. The lowest BCUT2D eigenvalue weighted by Gasteiger charge is -2.19. The van der Waals surface area contributed by atoms with Gasteiger partial charge in [-0.2, -0.15) is 0 Å². The van der Waals surface area contributed by atoms with Crippen LogP contribution >= 0.6 is 0 Å². The minimum atomic E-state index is -0.855. The molecule has 0 radical (unpaired) electrons. The quantitative estimate of drug-likeness (QED) is 0.535. The van der Waals surface area contributed by atoms with E-state index in [1.807, 2.05) is 20.8 Å². The molecule has 0 unspecified atom stereocenters. The molecule has 0 rings (SSSR count). The first-order valence-corrected chi connectivity index (χ1v) is 7.66. The number of rotatable bonds is 10. The Hall–Kier alpha value is -1.79. The van der Waals surface area contributed by atoms with Crippen LogP contribution in [-0.2, 0) is 14.3 Å². The molecule has 0 aliphatic carbocycles. The van der Waals surface area contributed by atoms with E-state index in [0.717, 1.165) is 19.3 Å². The van der Waals surface area contributed by atoms with Gasteiger partial charge in [0.25, 0.3) is 0 Å². The largest absolute Gasteiger partial charge is 0.481 e. The van der Waals surface area contributed by atoms with Crippen LogP contribution in [0.1, 0.15) is 59.3 Å². The average Bonchev–Trinajstić information content (AvgIpc) is 2.36. The van der Waals surface area contributed by atoms with Crippen LogP contribution in [-0.4, -0.2) is 41.8 Å². The Kier molecular flexibility index (Phi) is 9.98. The molecule has 0 atom stereocenters. The maximum absolute atomic E-state index is 11.4. The molecule has 0 aliphatic heterocycles. The van der Waals surface area contributed by atoms with Crippen molar-refractivity contribution < 1.29 is 24.2 Å². The molecule has 0 saturated heterocycles. The van der Waals surface area contributed by atoms with Crippen LogP contribution < -0.4 is 10.6 Å². The van der Waals surface area contributed by atoms with Gasteiger partial charge in [-0.15, -0.1) is 0 Å². The summed E-state index contributed by atoms with van der Waals surface area (Å²) in [5.41, 5.74) is -0.497. The molecular weight excluding hydrogens is 288 g/mol. The molecule has 0 aromatic heterocycles. The van der Waals surface area contributed by atoms with Crippen LogP contribution in [0.5, 0.6) is 0 Å². The van der Waals surface area contributed by atoms with Gasteiger partial charge in [-0.25, -0.2) is 4.79 Å². The van der Waals surface area contributed by atoms with E-state index >= 15 is 0 Å². The Balaban J connectivity index is 3.44. The Labute approximate surface area is 131 Å². The van der Waals surface area contributed by atoms with E-state index in [1.54, 1.807) is 0 Å². The number of hydrogen-bond acceptors (Lipinski definition) is 4. The van der Waals surface area contributed by atoms with E-state index in [9.17, 15) is 14.4 Å². The number of ether oxygens (including phenoxy) is 1. The summed E-state index contributed by atoms with van der Waals surface area (Å²) in [4.78, 5) is 33.1. The maximum atomic E-state index is 11.4. The Morgan fingerprint density at radius 1 is 0.909 bits per heavy atom. The predicted molar refractivity (Wildman–Crippen MR) is 82.6 cm³/mol. The Bertz CT molecular complexity index is 363. The fourth-order valence-electron chi connectivity index (χ4n) is 1.65. The molecule has 128 valence electrons. The van der Waals surface area contributed by atoms with Crippen molar-refractivity contribution in [1.29, 1.82) is 0 Å². The normalized spacial score (nSPS) is 10.9. The predicted octanol–water partition coefficient (Wildman–Crippen LogP) is 2.05. The number of aliphatic carboxylic acids is 1. The highest BCUT2D eigenvalue weighted by Gasteiger charge is 2.15. The zero-order chi connectivity index (χ0) is 17.0. The van der Waals surface area contributed by atoms with Gasteiger partial charge in [-0.05, 0) is 40.0 Å². The Morgan fingerprint density at radius 2 is 1.55 bits per heavy atom. The molecule has 7 heteroatoms. The van der Waals surface area contributed by atoms with Crippen molar-refractivity contribution >= 4 is 18.0 Å². The molecule has 0 aromatic carbocycles. The second kappa shape index (κ2) is 10.9. The number of unbranched alkanes of at least 4 members (excludes halogenated alkanes) is 2. The summed E-state index contributed by atoms with van der Waals surface area (Å²) in [5.74, 6) is -0.919. The van der Waals surface area contributed by atoms with Crippen LogP contribution in [0.15, 0.2) is 0 Å². The molecule has 7 nitrogen and oxygen atoms in total. The van der Waals surface area contributed by atoms with E-state index in [2.05, 4.69) is 10.6 Å². The minimum Gasteiger partial charge on any atom is -0.481 e. The first-order valence-electron chi connectivity index (χ1n) is 7.66. The van der Waals surface area contributed by atoms with Gasteiger partial charge in [0.15, 0.2) is 0 Å². The van der Waals surface area contributed by atoms with E-state index in [-0.39, 0.29) is 12.3 Å². The van der Waals surface area contributed by atoms with Crippen molar-refractivity contribution in [3.05, 3.63) is 0 Å². The summed E-state index contributed by atoms with van der Waals surface area (Å²) in [5, 5.41) is 13.8. The average molecular weight is 316 g/mol. The summed E-state index contributed by atoms with van der Waals surface area (Å²) in [7, 11) is 0. The number of carboxylic acid groups (broad SMARTS) is 1. The number of nitrogens with one attached hydrogen (secondary N) is 2. The van der Waals surface area contributed by atoms with Gasteiger partial charge in [0.05, 0.1) is 0 Å². The molecule has 0 aliphatic rings. The van der Waals surface area contributed by atoms with Crippen molar-refractivity contribution in [1.82, 2.24) is 10.6 Å². The molecule has 2 amide bonds. The van der Waals surface area contributed by atoms with Crippen molar-refractivity contribution in [3.63, 3.8) is 0 Å². The lowest BCUT2D eigenvalue weighted by molar-refractivity contribution is -0.137.